The molecule has 0 spiro atoms. The summed E-state index contributed by atoms with van der Waals surface area (Å²) in [6.07, 6.45) is -1.45. The Bertz CT molecular complexity index is 785. The number of carbonyl (C=O) groups excluding carboxylic acids is 1. The van der Waals surface area contributed by atoms with Gasteiger partial charge in [0.25, 0.3) is 0 Å². The Morgan fingerprint density at radius 1 is 1.15 bits per heavy atom. The van der Waals surface area contributed by atoms with Crippen LogP contribution in [0.25, 0.3) is 0 Å². The van der Waals surface area contributed by atoms with Crippen LogP contribution in [0.2, 0.25) is 15.1 Å². The Morgan fingerprint density at radius 3 is 2.54 bits per heavy atom. The molecule has 1 amide bonds. The van der Waals surface area contributed by atoms with Gasteiger partial charge in [-0.1, -0.05) is 40.9 Å². The molecule has 8 heteroatoms. The van der Waals surface area contributed by atoms with E-state index in [0.717, 1.165) is 0 Å². The maximum atomic E-state index is 12.1. The summed E-state index contributed by atoms with van der Waals surface area (Å²) in [4.78, 5) is 13.6. The van der Waals surface area contributed by atoms with Crippen LogP contribution < -0.4 is 4.74 Å². The summed E-state index contributed by atoms with van der Waals surface area (Å²) in [7, 11) is 1.33. The number of methoxy groups -OCH3 is 1. The largest absolute Gasteiger partial charge is 0.491 e. The normalized spacial score (nSPS) is 19.5. The van der Waals surface area contributed by atoms with E-state index in [0.29, 0.717) is 32.9 Å². The van der Waals surface area contributed by atoms with E-state index in [1.54, 1.807) is 42.5 Å². The number of halogens is 3. The van der Waals surface area contributed by atoms with Gasteiger partial charge in [0.1, 0.15) is 18.5 Å². The first kappa shape index (κ1) is 19.1. The third-order valence-corrected chi connectivity index (χ3v) is 4.88. The molecule has 0 unspecified atom stereocenters. The van der Waals surface area contributed by atoms with Crippen LogP contribution in [0.4, 0.5) is 4.79 Å². The zero-order valence-corrected chi connectivity index (χ0v) is 16.1. The van der Waals surface area contributed by atoms with Gasteiger partial charge in [0.2, 0.25) is 0 Å². The van der Waals surface area contributed by atoms with E-state index in [1.165, 1.54) is 12.0 Å². The zero-order chi connectivity index (χ0) is 18.7. The van der Waals surface area contributed by atoms with Crippen LogP contribution >= 0.6 is 34.8 Å². The van der Waals surface area contributed by atoms with Crippen molar-refractivity contribution in [2.45, 2.75) is 12.3 Å². The second kappa shape index (κ2) is 8.35. The number of nitrogens with zero attached hydrogens (tertiary/aromatic N) is 1. The molecule has 0 saturated carbocycles. The molecule has 3 rings (SSSR count). The molecular formula is C18H16Cl3NO4. The van der Waals surface area contributed by atoms with Crippen molar-refractivity contribution in [3.8, 4) is 5.75 Å². The van der Waals surface area contributed by atoms with Gasteiger partial charge in [-0.25, -0.2) is 4.79 Å². The third kappa shape index (κ3) is 4.35. The summed E-state index contributed by atoms with van der Waals surface area (Å²) in [6, 6.07) is 12.1. The number of carbonyl (C=O) groups is 1. The number of ether oxygens (including phenoxy) is 3. The Kier molecular flexibility index (Phi) is 6.14. The molecule has 0 N–H and O–H groups in total. The Labute approximate surface area is 166 Å². The summed E-state index contributed by atoms with van der Waals surface area (Å²) in [5, 5.41) is 1.45. The highest BCUT2D eigenvalue weighted by atomic mass is 35.5. The summed E-state index contributed by atoms with van der Waals surface area (Å²) in [5.74, 6) is 0.667. The average molecular weight is 417 g/mol. The van der Waals surface area contributed by atoms with E-state index >= 15 is 0 Å². The predicted molar refractivity (Wildman–Crippen MR) is 100 cm³/mol. The number of hydrogen-bond acceptors (Lipinski definition) is 4. The fourth-order valence-corrected chi connectivity index (χ4v) is 3.07. The van der Waals surface area contributed by atoms with Gasteiger partial charge in [-0.05, 0) is 36.4 Å². The van der Waals surface area contributed by atoms with Crippen molar-refractivity contribution in [1.82, 2.24) is 4.90 Å². The Morgan fingerprint density at radius 2 is 1.88 bits per heavy atom. The first-order chi connectivity index (χ1) is 12.5. The zero-order valence-electron chi connectivity index (χ0n) is 13.8. The molecule has 2 aromatic carbocycles. The van der Waals surface area contributed by atoms with Gasteiger partial charge in [0, 0.05) is 10.6 Å². The van der Waals surface area contributed by atoms with Crippen LogP contribution in [-0.2, 0) is 9.47 Å². The van der Waals surface area contributed by atoms with E-state index in [1.807, 2.05) is 0 Å². The van der Waals surface area contributed by atoms with Crippen LogP contribution in [0.1, 0.15) is 11.8 Å². The van der Waals surface area contributed by atoms with Crippen LogP contribution in [0, 0.1) is 0 Å². The Hall–Kier alpha value is -1.66. The number of rotatable bonds is 4. The quantitative estimate of drug-likeness (QED) is 0.688. The lowest BCUT2D eigenvalue weighted by Gasteiger charge is -2.22. The molecule has 0 aromatic heterocycles. The SMILES string of the molecule is COC(=O)N1C[C@H](COc2ccc(Cl)cc2)O[C@@H]1c1ccc(Cl)c(Cl)c1. The lowest BCUT2D eigenvalue weighted by atomic mass is 10.2. The molecule has 2 atom stereocenters. The van der Waals surface area contributed by atoms with Gasteiger partial charge in [-0.2, -0.15) is 0 Å². The maximum absolute atomic E-state index is 12.1. The van der Waals surface area contributed by atoms with Crippen molar-refractivity contribution in [3.63, 3.8) is 0 Å². The van der Waals surface area contributed by atoms with Crippen LogP contribution in [-0.4, -0.2) is 37.4 Å². The monoisotopic (exact) mass is 415 g/mol. The van der Waals surface area contributed by atoms with Gasteiger partial charge in [0.05, 0.1) is 23.7 Å². The molecule has 0 bridgehead atoms. The highest BCUT2D eigenvalue weighted by Gasteiger charge is 2.38. The van der Waals surface area contributed by atoms with Gasteiger partial charge in [0.15, 0.2) is 6.23 Å². The summed E-state index contributed by atoms with van der Waals surface area (Å²) >= 11 is 17.9. The minimum atomic E-state index is -0.629. The molecule has 5 nitrogen and oxygen atoms in total. The van der Waals surface area contributed by atoms with E-state index in [4.69, 9.17) is 49.0 Å². The lowest BCUT2D eigenvalue weighted by Crippen LogP contribution is -2.32. The minimum Gasteiger partial charge on any atom is -0.491 e. The van der Waals surface area contributed by atoms with Gasteiger partial charge < -0.3 is 14.2 Å². The van der Waals surface area contributed by atoms with Crippen molar-refractivity contribution < 1.29 is 19.0 Å². The van der Waals surface area contributed by atoms with Crippen LogP contribution in [0.5, 0.6) is 5.75 Å². The van der Waals surface area contributed by atoms with E-state index in [9.17, 15) is 4.79 Å². The molecule has 1 aliphatic rings. The molecular weight excluding hydrogens is 401 g/mol. The topological polar surface area (TPSA) is 48.0 Å². The highest BCUT2D eigenvalue weighted by molar-refractivity contribution is 6.42. The molecule has 0 aliphatic carbocycles. The highest BCUT2D eigenvalue weighted by Crippen LogP contribution is 2.34. The van der Waals surface area contributed by atoms with Crippen LogP contribution in [0.15, 0.2) is 42.5 Å². The van der Waals surface area contributed by atoms with Crippen molar-refractivity contribution in [1.29, 1.82) is 0 Å². The molecule has 2 aromatic rings. The molecule has 138 valence electrons. The van der Waals surface area contributed by atoms with Crippen molar-refractivity contribution >= 4 is 40.9 Å². The van der Waals surface area contributed by atoms with E-state index in [-0.39, 0.29) is 12.7 Å². The predicted octanol–water partition coefficient (Wildman–Crippen LogP) is 5.19. The van der Waals surface area contributed by atoms with E-state index < -0.39 is 12.3 Å². The van der Waals surface area contributed by atoms with Crippen molar-refractivity contribution in [2.75, 3.05) is 20.3 Å². The van der Waals surface area contributed by atoms with Gasteiger partial charge >= 0.3 is 6.09 Å². The number of benzene rings is 2. The third-order valence-electron chi connectivity index (χ3n) is 3.89. The van der Waals surface area contributed by atoms with Crippen LogP contribution in [0.3, 0.4) is 0 Å². The number of hydrogen-bond donors (Lipinski definition) is 0. The molecule has 0 radical (unpaired) electrons. The van der Waals surface area contributed by atoms with Crippen molar-refractivity contribution in [3.05, 3.63) is 63.1 Å². The lowest BCUT2D eigenvalue weighted by molar-refractivity contribution is -0.0136. The van der Waals surface area contributed by atoms with E-state index in [2.05, 4.69) is 0 Å². The van der Waals surface area contributed by atoms with Gasteiger partial charge in [-0.15, -0.1) is 0 Å². The number of amides is 1. The fraction of sp³-hybridized carbons (Fsp3) is 0.278. The molecule has 26 heavy (non-hydrogen) atoms. The molecule has 1 saturated heterocycles. The average Bonchev–Trinajstić information content (AvgIpc) is 3.07. The summed E-state index contributed by atoms with van der Waals surface area (Å²) in [6.45, 7) is 0.595. The standard InChI is InChI=1S/C18H16Cl3NO4/c1-24-18(23)22-9-14(10-25-13-5-3-12(19)4-6-13)26-17(22)11-2-7-15(20)16(21)8-11/h2-8,14,17H,9-10H2,1H3/t14-,17-/m1/s1. The van der Waals surface area contributed by atoms with Gasteiger partial charge in [-0.3, -0.25) is 4.90 Å². The second-order valence-corrected chi connectivity index (χ2v) is 6.92. The first-order valence-corrected chi connectivity index (χ1v) is 8.94. The fourth-order valence-electron chi connectivity index (χ4n) is 2.64. The minimum absolute atomic E-state index is 0.271. The second-order valence-electron chi connectivity index (χ2n) is 5.67. The summed E-state index contributed by atoms with van der Waals surface area (Å²) < 4.78 is 16.6. The molecule has 1 fully saturated rings. The molecule has 1 heterocycles. The molecule has 1 aliphatic heterocycles. The first-order valence-electron chi connectivity index (χ1n) is 7.81. The maximum Gasteiger partial charge on any atom is 0.411 e. The Balaban J connectivity index is 1.72. The summed E-state index contributed by atoms with van der Waals surface area (Å²) in [5.41, 5.74) is 0.707. The smallest absolute Gasteiger partial charge is 0.411 e. The van der Waals surface area contributed by atoms with Crippen molar-refractivity contribution in [2.24, 2.45) is 0 Å².